The lowest BCUT2D eigenvalue weighted by Gasteiger charge is -2.13. The van der Waals surface area contributed by atoms with Gasteiger partial charge in [-0.25, -0.2) is 9.97 Å². The van der Waals surface area contributed by atoms with Gasteiger partial charge in [0.1, 0.15) is 0 Å². The van der Waals surface area contributed by atoms with Crippen LogP contribution in [0.15, 0.2) is 67.1 Å². The minimum atomic E-state index is -0.144. The van der Waals surface area contributed by atoms with E-state index in [1.807, 2.05) is 40.8 Å². The molecule has 1 saturated carbocycles. The number of pyridine rings is 1. The Bertz CT molecular complexity index is 1580. The third-order valence-electron chi connectivity index (χ3n) is 6.08. The summed E-state index contributed by atoms with van der Waals surface area (Å²) < 4.78 is 2.03. The molecule has 9 heteroatoms. The fraction of sp³-hybridized carbons (Fsp3) is 0.154. The fourth-order valence-electron chi connectivity index (χ4n) is 4.11. The number of nitrogens with one attached hydrogen (secondary N) is 2. The first-order valence-corrected chi connectivity index (χ1v) is 11.7. The lowest BCUT2D eigenvalue weighted by molar-refractivity contribution is 0.0951. The molecule has 4 N–H and O–H groups in total. The largest absolute Gasteiger partial charge is 0.399 e. The maximum atomic E-state index is 12.5. The predicted octanol–water partition coefficient (Wildman–Crippen LogP) is 4.68. The normalized spacial score (nSPS) is 13.3. The third kappa shape index (κ3) is 4.13. The van der Waals surface area contributed by atoms with E-state index < -0.39 is 0 Å². The molecule has 1 fully saturated rings. The first kappa shape index (κ1) is 21.4. The first-order valence-electron chi connectivity index (χ1n) is 11.4. The second-order valence-corrected chi connectivity index (χ2v) is 9.07. The minimum Gasteiger partial charge on any atom is -0.399 e. The summed E-state index contributed by atoms with van der Waals surface area (Å²) in [7, 11) is 0. The zero-order chi connectivity index (χ0) is 23.9. The number of imidazole rings is 1. The number of amides is 1. The summed E-state index contributed by atoms with van der Waals surface area (Å²) in [5, 5.41) is 6.78. The van der Waals surface area contributed by atoms with E-state index >= 15 is 0 Å². The molecule has 0 bridgehead atoms. The highest BCUT2D eigenvalue weighted by Crippen LogP contribution is 2.32. The molecule has 0 aliphatic heterocycles. The second-order valence-electron chi connectivity index (χ2n) is 8.66. The number of carbonyl (C=O) groups is 1. The highest BCUT2D eigenvalue weighted by Gasteiger charge is 2.25. The molecule has 3 aromatic heterocycles. The molecule has 0 radical (unpaired) electrons. The first-order chi connectivity index (χ1) is 17.1. The van der Waals surface area contributed by atoms with Gasteiger partial charge in [-0.1, -0.05) is 17.7 Å². The number of benzene rings is 2. The molecule has 1 aliphatic carbocycles. The minimum absolute atomic E-state index is 0.144. The molecule has 0 saturated heterocycles. The molecular weight excluding hydrogens is 462 g/mol. The van der Waals surface area contributed by atoms with Gasteiger partial charge in [-0.2, -0.15) is 0 Å². The summed E-state index contributed by atoms with van der Waals surface area (Å²) >= 11 is 6.55. The Balaban J connectivity index is 1.44. The maximum Gasteiger partial charge on any atom is 0.253 e. The number of hydrogen-bond donors (Lipinski definition) is 3. The molecule has 1 aliphatic rings. The van der Waals surface area contributed by atoms with Crippen LogP contribution in [0.3, 0.4) is 0 Å². The van der Waals surface area contributed by atoms with E-state index in [0.717, 1.165) is 40.7 Å². The van der Waals surface area contributed by atoms with Gasteiger partial charge in [0.05, 0.1) is 33.5 Å². The van der Waals surface area contributed by atoms with Crippen molar-refractivity contribution in [2.45, 2.75) is 25.4 Å². The lowest BCUT2D eigenvalue weighted by Crippen LogP contribution is -2.25. The number of nitrogens with zero attached hydrogens (tertiary/aromatic N) is 4. The van der Waals surface area contributed by atoms with Crippen LogP contribution < -0.4 is 16.4 Å². The van der Waals surface area contributed by atoms with Crippen LogP contribution in [0, 0.1) is 0 Å². The average Bonchev–Trinajstić information content (AvgIpc) is 3.56. The van der Waals surface area contributed by atoms with E-state index in [9.17, 15) is 4.79 Å². The zero-order valence-electron chi connectivity index (χ0n) is 18.7. The highest BCUT2D eigenvalue weighted by molar-refractivity contribution is 6.34. The summed E-state index contributed by atoms with van der Waals surface area (Å²) in [6.07, 6.45) is 7.35. The van der Waals surface area contributed by atoms with Crippen LogP contribution in [-0.2, 0) is 6.54 Å². The van der Waals surface area contributed by atoms with Gasteiger partial charge in [0, 0.05) is 36.2 Å². The Labute approximate surface area is 206 Å². The van der Waals surface area contributed by atoms with Gasteiger partial charge in [-0.3, -0.25) is 14.2 Å². The van der Waals surface area contributed by atoms with Gasteiger partial charge in [0.2, 0.25) is 0 Å². The number of nitrogens with two attached hydrogens (primary N) is 1. The van der Waals surface area contributed by atoms with E-state index in [4.69, 9.17) is 22.3 Å². The van der Waals surface area contributed by atoms with Crippen LogP contribution in [0.2, 0.25) is 5.02 Å². The Kier molecular flexibility index (Phi) is 5.22. The number of anilines is 2. The smallest absolute Gasteiger partial charge is 0.253 e. The number of hydrogen-bond acceptors (Lipinski definition) is 6. The second kappa shape index (κ2) is 8.56. The number of aromatic nitrogens is 4. The fourth-order valence-corrected chi connectivity index (χ4v) is 4.38. The monoisotopic (exact) mass is 483 g/mol. The van der Waals surface area contributed by atoms with Crippen molar-refractivity contribution >= 4 is 45.7 Å². The Morgan fingerprint density at radius 3 is 2.71 bits per heavy atom. The Hall–Kier alpha value is -4.17. The molecule has 0 spiro atoms. The number of rotatable bonds is 6. The molecular formula is C26H22ClN7O. The van der Waals surface area contributed by atoms with Crippen molar-refractivity contribution in [1.82, 2.24) is 24.7 Å². The molecule has 174 valence electrons. The topological polar surface area (TPSA) is 110 Å². The standard InChI is InChI=1S/C26H22ClN7O/c27-20-11-16(1-5-19(20)26(35)32-18-3-4-18)23-14-31-25-24(30-13-15-7-9-29-10-8-15)33-21-12-17(28)2-6-22(21)34(23)25/h1-2,5-12,14,18H,3-4,13,28H2,(H,30,33)(H,32,35). The molecule has 8 nitrogen and oxygen atoms in total. The average molecular weight is 484 g/mol. The van der Waals surface area contributed by atoms with Crippen molar-refractivity contribution in [2.75, 3.05) is 11.1 Å². The molecule has 2 aromatic carbocycles. The van der Waals surface area contributed by atoms with Crippen molar-refractivity contribution in [3.63, 3.8) is 0 Å². The van der Waals surface area contributed by atoms with Gasteiger partial charge in [-0.05, 0) is 60.9 Å². The third-order valence-corrected chi connectivity index (χ3v) is 6.39. The van der Waals surface area contributed by atoms with E-state index in [2.05, 4.69) is 20.6 Å². The number of halogens is 1. The summed E-state index contributed by atoms with van der Waals surface area (Å²) in [4.78, 5) is 26.1. The van der Waals surface area contributed by atoms with Gasteiger partial charge in [0.15, 0.2) is 11.5 Å². The quantitative estimate of drug-likeness (QED) is 0.302. The number of fused-ring (bicyclic) bond motifs is 3. The molecule has 6 rings (SSSR count). The summed E-state index contributed by atoms with van der Waals surface area (Å²) in [5.41, 5.74) is 12.2. The predicted molar refractivity (Wildman–Crippen MR) is 137 cm³/mol. The summed E-state index contributed by atoms with van der Waals surface area (Å²) in [6.45, 7) is 0.567. The SMILES string of the molecule is Nc1ccc2c(c1)nc(NCc1ccncc1)c1ncc(-c3ccc(C(=O)NC4CC4)c(Cl)c3)n12. The van der Waals surface area contributed by atoms with Crippen molar-refractivity contribution in [2.24, 2.45) is 0 Å². The van der Waals surface area contributed by atoms with Gasteiger partial charge >= 0.3 is 0 Å². The van der Waals surface area contributed by atoms with E-state index in [-0.39, 0.29) is 11.9 Å². The molecule has 35 heavy (non-hydrogen) atoms. The molecule has 0 atom stereocenters. The van der Waals surface area contributed by atoms with Gasteiger partial charge < -0.3 is 16.4 Å². The molecule has 3 heterocycles. The van der Waals surface area contributed by atoms with E-state index in [0.29, 0.717) is 34.3 Å². The van der Waals surface area contributed by atoms with Crippen molar-refractivity contribution < 1.29 is 4.79 Å². The Morgan fingerprint density at radius 2 is 1.94 bits per heavy atom. The maximum absolute atomic E-state index is 12.5. The van der Waals surface area contributed by atoms with Crippen LogP contribution in [0.4, 0.5) is 11.5 Å². The number of carbonyl (C=O) groups excluding carboxylic acids is 1. The Morgan fingerprint density at radius 1 is 1.11 bits per heavy atom. The van der Waals surface area contributed by atoms with E-state index in [1.165, 1.54) is 0 Å². The molecule has 1 amide bonds. The van der Waals surface area contributed by atoms with Gasteiger partial charge in [-0.15, -0.1) is 0 Å². The van der Waals surface area contributed by atoms with Crippen molar-refractivity contribution in [3.05, 3.63) is 83.3 Å². The summed E-state index contributed by atoms with van der Waals surface area (Å²) in [5.74, 6) is 0.493. The van der Waals surface area contributed by atoms with Crippen molar-refractivity contribution in [3.8, 4) is 11.3 Å². The lowest BCUT2D eigenvalue weighted by atomic mass is 10.1. The highest BCUT2D eigenvalue weighted by atomic mass is 35.5. The van der Waals surface area contributed by atoms with Crippen LogP contribution in [-0.4, -0.2) is 31.3 Å². The van der Waals surface area contributed by atoms with E-state index in [1.54, 1.807) is 30.7 Å². The number of nitrogen functional groups attached to an aromatic ring is 1. The van der Waals surface area contributed by atoms with Crippen LogP contribution in [0.1, 0.15) is 28.8 Å². The van der Waals surface area contributed by atoms with Crippen LogP contribution >= 0.6 is 11.6 Å². The molecule has 0 unspecified atom stereocenters. The summed E-state index contributed by atoms with van der Waals surface area (Å²) in [6, 6.07) is 15.2. The van der Waals surface area contributed by atoms with Crippen molar-refractivity contribution in [1.29, 1.82) is 0 Å². The zero-order valence-corrected chi connectivity index (χ0v) is 19.5. The van der Waals surface area contributed by atoms with Gasteiger partial charge in [0.25, 0.3) is 5.91 Å². The van der Waals surface area contributed by atoms with Crippen LogP contribution in [0.5, 0.6) is 0 Å². The van der Waals surface area contributed by atoms with Crippen LogP contribution in [0.25, 0.3) is 27.9 Å². The molecule has 5 aromatic rings.